The van der Waals surface area contributed by atoms with Crippen LogP contribution in [0.25, 0.3) is 0 Å². The summed E-state index contributed by atoms with van der Waals surface area (Å²) < 4.78 is 26.0. The molecular weight excluding hydrogens is 258 g/mol. The lowest BCUT2D eigenvalue weighted by molar-refractivity contribution is 0.404. The fourth-order valence-electron chi connectivity index (χ4n) is 2.33. The van der Waals surface area contributed by atoms with Crippen molar-refractivity contribution >= 4 is 21.6 Å². The average Bonchev–Trinajstić information content (AvgIpc) is 2.53. The Hall–Kier alpha value is 0.200. The van der Waals surface area contributed by atoms with Crippen molar-refractivity contribution in [1.29, 1.82) is 0 Å². The Kier molecular flexibility index (Phi) is 6.24. The van der Waals surface area contributed by atoms with Crippen LogP contribution < -0.4 is 0 Å². The van der Waals surface area contributed by atoms with Crippen molar-refractivity contribution in [3.05, 3.63) is 0 Å². The molecule has 2 atom stereocenters. The molecule has 0 saturated carbocycles. The summed E-state index contributed by atoms with van der Waals surface area (Å²) in [6.07, 6.45) is 4.32. The maximum atomic E-state index is 12.2. The number of hydrogen-bond acceptors (Lipinski definition) is 2. The summed E-state index contributed by atoms with van der Waals surface area (Å²) >= 11 is 5.69. The zero-order valence-electron chi connectivity index (χ0n) is 10.9. The van der Waals surface area contributed by atoms with Gasteiger partial charge < -0.3 is 0 Å². The van der Waals surface area contributed by atoms with Crippen LogP contribution in [-0.4, -0.2) is 37.4 Å². The van der Waals surface area contributed by atoms with Crippen LogP contribution in [-0.2, 0) is 10.0 Å². The van der Waals surface area contributed by atoms with E-state index in [1.807, 2.05) is 6.92 Å². The molecule has 1 heterocycles. The van der Waals surface area contributed by atoms with Gasteiger partial charge in [-0.1, -0.05) is 20.3 Å². The molecule has 102 valence electrons. The van der Waals surface area contributed by atoms with Crippen molar-refractivity contribution in [3.63, 3.8) is 0 Å². The quantitative estimate of drug-likeness (QED) is 0.727. The molecule has 1 aliphatic rings. The van der Waals surface area contributed by atoms with Gasteiger partial charge in [-0.3, -0.25) is 0 Å². The van der Waals surface area contributed by atoms with Crippen LogP contribution in [0.3, 0.4) is 0 Å². The highest BCUT2D eigenvalue weighted by atomic mass is 35.5. The average molecular weight is 282 g/mol. The predicted octanol–water partition coefficient (Wildman–Crippen LogP) is 2.70. The minimum Gasteiger partial charge on any atom is -0.212 e. The number of nitrogens with zero attached hydrogens (tertiary/aromatic N) is 1. The van der Waals surface area contributed by atoms with Gasteiger partial charge in [0, 0.05) is 19.0 Å². The Morgan fingerprint density at radius 1 is 1.35 bits per heavy atom. The number of halogens is 1. The third-order valence-corrected chi connectivity index (χ3v) is 6.20. The number of rotatable bonds is 5. The molecule has 1 aliphatic heterocycles. The van der Waals surface area contributed by atoms with Gasteiger partial charge in [-0.15, -0.1) is 11.6 Å². The summed E-state index contributed by atoms with van der Waals surface area (Å²) in [5.41, 5.74) is 0. The summed E-state index contributed by atoms with van der Waals surface area (Å²) in [7, 11) is -3.10. The van der Waals surface area contributed by atoms with Crippen LogP contribution >= 0.6 is 11.6 Å². The highest BCUT2D eigenvalue weighted by molar-refractivity contribution is 7.89. The zero-order valence-corrected chi connectivity index (χ0v) is 12.4. The van der Waals surface area contributed by atoms with Crippen molar-refractivity contribution in [2.75, 3.05) is 24.7 Å². The fourth-order valence-corrected chi connectivity index (χ4v) is 4.41. The number of hydrogen-bond donors (Lipinski definition) is 0. The van der Waals surface area contributed by atoms with Crippen molar-refractivity contribution in [3.8, 4) is 0 Å². The molecule has 2 unspecified atom stereocenters. The molecule has 0 aromatic rings. The zero-order chi connectivity index (χ0) is 12.9. The lowest BCUT2D eigenvalue weighted by Crippen LogP contribution is -2.36. The molecule has 0 bridgehead atoms. The van der Waals surface area contributed by atoms with Crippen molar-refractivity contribution in [2.45, 2.75) is 39.5 Å². The number of alkyl halides is 1. The highest BCUT2D eigenvalue weighted by Crippen LogP contribution is 2.22. The van der Waals surface area contributed by atoms with E-state index >= 15 is 0 Å². The van der Waals surface area contributed by atoms with Crippen molar-refractivity contribution < 1.29 is 8.42 Å². The molecule has 0 aromatic carbocycles. The Bertz CT molecular complexity index is 318. The molecular formula is C12H24ClNO2S. The van der Waals surface area contributed by atoms with Crippen molar-refractivity contribution in [2.24, 2.45) is 11.8 Å². The van der Waals surface area contributed by atoms with Gasteiger partial charge in [-0.05, 0) is 31.1 Å². The lowest BCUT2D eigenvalue weighted by atomic mass is 9.98. The second-order valence-electron chi connectivity index (χ2n) is 5.14. The Balaban J connectivity index is 2.59. The third kappa shape index (κ3) is 4.76. The fraction of sp³-hybridized carbons (Fsp3) is 1.00. The topological polar surface area (TPSA) is 37.4 Å². The SMILES string of the molecule is CCC1CCCN(S(=O)(=O)CC(C)CCl)CC1. The maximum Gasteiger partial charge on any atom is 0.214 e. The monoisotopic (exact) mass is 281 g/mol. The van der Waals surface area contributed by atoms with E-state index in [-0.39, 0.29) is 11.7 Å². The van der Waals surface area contributed by atoms with E-state index in [1.54, 1.807) is 4.31 Å². The molecule has 5 heteroatoms. The molecule has 0 spiro atoms. The molecule has 17 heavy (non-hydrogen) atoms. The minimum absolute atomic E-state index is 0.0342. The Morgan fingerprint density at radius 2 is 2.06 bits per heavy atom. The largest absolute Gasteiger partial charge is 0.214 e. The van der Waals surface area contributed by atoms with E-state index in [9.17, 15) is 8.42 Å². The standard InChI is InChI=1S/C12H24ClNO2S/c1-3-12-5-4-7-14(8-6-12)17(15,16)10-11(2)9-13/h11-12H,3-10H2,1-2H3. The van der Waals surface area contributed by atoms with Crippen LogP contribution in [0.4, 0.5) is 0 Å². The minimum atomic E-state index is -3.10. The first-order chi connectivity index (χ1) is 7.99. The normalized spacial score (nSPS) is 25.5. The first kappa shape index (κ1) is 15.3. The van der Waals surface area contributed by atoms with Gasteiger partial charge in [0.25, 0.3) is 0 Å². The van der Waals surface area contributed by atoms with E-state index in [0.29, 0.717) is 24.9 Å². The third-order valence-electron chi connectivity index (χ3n) is 3.54. The van der Waals surface area contributed by atoms with Gasteiger partial charge in [0.05, 0.1) is 5.75 Å². The van der Waals surface area contributed by atoms with Gasteiger partial charge in [0.1, 0.15) is 0 Å². The Morgan fingerprint density at radius 3 is 2.65 bits per heavy atom. The van der Waals surface area contributed by atoms with Gasteiger partial charge in [0.2, 0.25) is 10.0 Å². The molecule has 0 amide bonds. The van der Waals surface area contributed by atoms with Gasteiger partial charge in [-0.25, -0.2) is 12.7 Å². The van der Waals surface area contributed by atoms with Crippen LogP contribution in [0.5, 0.6) is 0 Å². The van der Waals surface area contributed by atoms with Crippen LogP contribution in [0, 0.1) is 11.8 Å². The lowest BCUT2D eigenvalue weighted by Gasteiger charge is -2.21. The van der Waals surface area contributed by atoms with E-state index in [4.69, 9.17) is 11.6 Å². The van der Waals surface area contributed by atoms with Crippen LogP contribution in [0.2, 0.25) is 0 Å². The predicted molar refractivity (Wildman–Crippen MR) is 72.9 cm³/mol. The van der Waals surface area contributed by atoms with E-state index in [0.717, 1.165) is 25.7 Å². The summed E-state index contributed by atoms with van der Waals surface area (Å²) in [6, 6.07) is 0. The first-order valence-corrected chi connectivity index (χ1v) is 8.67. The molecule has 3 nitrogen and oxygen atoms in total. The van der Waals surface area contributed by atoms with E-state index in [1.165, 1.54) is 0 Å². The van der Waals surface area contributed by atoms with Gasteiger partial charge >= 0.3 is 0 Å². The summed E-state index contributed by atoms with van der Waals surface area (Å²) in [4.78, 5) is 0. The first-order valence-electron chi connectivity index (χ1n) is 6.53. The summed E-state index contributed by atoms with van der Waals surface area (Å²) in [5.74, 6) is 1.32. The molecule has 1 saturated heterocycles. The summed E-state index contributed by atoms with van der Waals surface area (Å²) in [6.45, 7) is 5.45. The smallest absolute Gasteiger partial charge is 0.212 e. The van der Waals surface area contributed by atoms with Crippen LogP contribution in [0.1, 0.15) is 39.5 Å². The van der Waals surface area contributed by atoms with Gasteiger partial charge in [0.15, 0.2) is 0 Å². The Labute approximate surface area is 111 Å². The molecule has 1 rings (SSSR count). The number of sulfonamides is 1. The molecule has 0 aliphatic carbocycles. The van der Waals surface area contributed by atoms with Crippen molar-refractivity contribution in [1.82, 2.24) is 4.31 Å². The van der Waals surface area contributed by atoms with E-state index in [2.05, 4.69) is 6.92 Å². The summed E-state index contributed by atoms with van der Waals surface area (Å²) in [5, 5.41) is 0. The van der Waals surface area contributed by atoms with E-state index < -0.39 is 10.0 Å². The van der Waals surface area contributed by atoms with Gasteiger partial charge in [-0.2, -0.15) is 0 Å². The molecule has 0 aromatic heterocycles. The maximum absolute atomic E-state index is 12.2. The second-order valence-corrected chi connectivity index (χ2v) is 7.46. The molecule has 1 fully saturated rings. The molecule has 0 radical (unpaired) electrons. The molecule has 0 N–H and O–H groups in total. The second kappa shape index (κ2) is 6.95. The highest BCUT2D eigenvalue weighted by Gasteiger charge is 2.26. The van der Waals surface area contributed by atoms with Crippen LogP contribution in [0.15, 0.2) is 0 Å².